The molecule has 0 aliphatic rings. The minimum absolute atomic E-state index is 0.836. The van der Waals surface area contributed by atoms with Crippen molar-refractivity contribution in [3.63, 3.8) is 0 Å². The van der Waals surface area contributed by atoms with E-state index in [9.17, 15) is 0 Å². The van der Waals surface area contributed by atoms with Gasteiger partial charge in [-0.3, -0.25) is 0 Å². The van der Waals surface area contributed by atoms with Crippen molar-refractivity contribution in [1.29, 1.82) is 0 Å². The predicted octanol–water partition coefficient (Wildman–Crippen LogP) is 2.61. The Bertz CT molecular complexity index is 37.1. The Morgan fingerprint density at radius 2 is 2.29 bits per heavy atom. The summed E-state index contributed by atoms with van der Waals surface area (Å²) in [6.45, 7) is 4.44. The highest BCUT2D eigenvalue weighted by atomic mass is 33.1. The first-order valence-corrected chi connectivity index (χ1v) is 4.61. The van der Waals surface area contributed by atoms with Gasteiger partial charge in [-0.25, -0.2) is 0 Å². The summed E-state index contributed by atoms with van der Waals surface area (Å²) in [4.78, 5) is 0. The second-order valence-electron chi connectivity index (χ2n) is 1.81. The highest BCUT2D eigenvalue weighted by Crippen LogP contribution is 2.13. The van der Waals surface area contributed by atoms with E-state index in [0.29, 0.717) is 0 Å². The summed E-state index contributed by atoms with van der Waals surface area (Å²) < 4.78 is 0. The summed E-state index contributed by atoms with van der Waals surface area (Å²) in [6, 6.07) is 0. The van der Waals surface area contributed by atoms with Gasteiger partial charge in [-0.2, -0.15) is 0 Å². The van der Waals surface area contributed by atoms with Crippen LogP contribution in [0.15, 0.2) is 0 Å². The van der Waals surface area contributed by atoms with Gasteiger partial charge in [0.1, 0.15) is 0 Å². The number of thiol groups is 1. The van der Waals surface area contributed by atoms with E-state index in [2.05, 4.69) is 25.5 Å². The first kappa shape index (κ1) is 7.70. The summed E-state index contributed by atoms with van der Waals surface area (Å²) in [5, 5.41) is 0. The van der Waals surface area contributed by atoms with Gasteiger partial charge in [0.2, 0.25) is 0 Å². The third-order valence-corrected chi connectivity index (χ3v) is 2.22. The summed E-state index contributed by atoms with van der Waals surface area (Å²) in [5.74, 6) is 2.02. The average molecular weight is 136 g/mol. The van der Waals surface area contributed by atoms with E-state index in [0.717, 1.165) is 5.92 Å². The van der Waals surface area contributed by atoms with Gasteiger partial charge < -0.3 is 0 Å². The van der Waals surface area contributed by atoms with E-state index >= 15 is 0 Å². The number of hydrogen-bond donors (Lipinski definition) is 1. The van der Waals surface area contributed by atoms with Crippen molar-refractivity contribution in [2.24, 2.45) is 5.92 Å². The Hall–Kier alpha value is 0.700. The smallest absolute Gasteiger partial charge is 0.00601 e. The lowest BCUT2D eigenvalue weighted by Gasteiger charge is -2.01. The molecule has 0 aromatic heterocycles. The van der Waals surface area contributed by atoms with Crippen molar-refractivity contribution < 1.29 is 0 Å². The third kappa shape index (κ3) is 4.56. The molecule has 0 fully saturated rings. The molecule has 0 rings (SSSR count). The van der Waals surface area contributed by atoms with Crippen LogP contribution in [0.25, 0.3) is 0 Å². The van der Waals surface area contributed by atoms with Gasteiger partial charge >= 0.3 is 0 Å². The normalized spacial score (nSPS) is 14.1. The van der Waals surface area contributed by atoms with E-state index in [1.807, 2.05) is 0 Å². The molecule has 0 aromatic carbocycles. The maximum absolute atomic E-state index is 4.03. The van der Waals surface area contributed by atoms with Crippen LogP contribution in [0, 0.1) is 5.92 Å². The SMILES string of the molecule is CCC(C)CSS. The Morgan fingerprint density at radius 1 is 1.71 bits per heavy atom. The van der Waals surface area contributed by atoms with E-state index < -0.39 is 0 Å². The number of rotatable bonds is 3. The van der Waals surface area contributed by atoms with Crippen molar-refractivity contribution in [2.45, 2.75) is 20.3 Å². The van der Waals surface area contributed by atoms with Crippen molar-refractivity contribution >= 4 is 22.5 Å². The quantitative estimate of drug-likeness (QED) is 0.459. The fourth-order valence-corrected chi connectivity index (χ4v) is 1.50. The molecule has 0 aromatic rings. The molecule has 0 saturated carbocycles. The summed E-state index contributed by atoms with van der Waals surface area (Å²) >= 11 is 4.03. The molecule has 7 heavy (non-hydrogen) atoms. The molecule has 0 saturated heterocycles. The average Bonchev–Trinajstić information content (AvgIpc) is 1.68. The first-order chi connectivity index (χ1) is 3.31. The molecule has 1 atom stereocenters. The largest absolute Gasteiger partial charge is 0.111 e. The lowest BCUT2D eigenvalue weighted by Crippen LogP contribution is -1.92. The van der Waals surface area contributed by atoms with Crippen LogP contribution in [0.1, 0.15) is 20.3 Å². The zero-order valence-electron chi connectivity index (χ0n) is 4.85. The molecule has 0 radical (unpaired) electrons. The molecule has 0 N–H and O–H groups in total. The van der Waals surface area contributed by atoms with E-state index in [-0.39, 0.29) is 0 Å². The van der Waals surface area contributed by atoms with Gasteiger partial charge in [-0.1, -0.05) is 31.1 Å². The molecule has 0 aliphatic carbocycles. The van der Waals surface area contributed by atoms with Crippen LogP contribution < -0.4 is 0 Å². The molecular formula is C5H12S2. The van der Waals surface area contributed by atoms with Gasteiger partial charge in [-0.05, 0) is 5.92 Å². The molecule has 0 amide bonds. The molecule has 2 heteroatoms. The Labute approximate surface area is 54.9 Å². The minimum atomic E-state index is 0.836. The van der Waals surface area contributed by atoms with Gasteiger partial charge in [0.25, 0.3) is 0 Å². The van der Waals surface area contributed by atoms with Crippen LogP contribution >= 0.6 is 22.5 Å². The standard InChI is InChI=1S/C5H12S2/c1-3-5(2)4-7-6/h5-6H,3-4H2,1-2H3. The van der Waals surface area contributed by atoms with Crippen molar-refractivity contribution in [3.8, 4) is 0 Å². The zero-order valence-corrected chi connectivity index (χ0v) is 6.56. The summed E-state index contributed by atoms with van der Waals surface area (Å²) in [6.07, 6.45) is 1.27. The van der Waals surface area contributed by atoms with Crippen LogP contribution in [-0.2, 0) is 0 Å². The topological polar surface area (TPSA) is 0 Å². The first-order valence-electron chi connectivity index (χ1n) is 2.57. The zero-order chi connectivity index (χ0) is 5.70. The van der Waals surface area contributed by atoms with Crippen LogP contribution in [0.5, 0.6) is 0 Å². The molecule has 1 unspecified atom stereocenters. The van der Waals surface area contributed by atoms with E-state index in [1.165, 1.54) is 12.2 Å². The molecule has 0 nitrogen and oxygen atoms in total. The molecule has 0 aliphatic heterocycles. The van der Waals surface area contributed by atoms with Gasteiger partial charge in [0.15, 0.2) is 0 Å². The van der Waals surface area contributed by atoms with Crippen LogP contribution in [0.2, 0.25) is 0 Å². The maximum Gasteiger partial charge on any atom is 0.00601 e. The molecule has 0 bridgehead atoms. The lowest BCUT2D eigenvalue weighted by molar-refractivity contribution is 0.638. The van der Waals surface area contributed by atoms with Crippen LogP contribution in [-0.4, -0.2) is 5.75 Å². The van der Waals surface area contributed by atoms with Crippen molar-refractivity contribution in [1.82, 2.24) is 0 Å². The molecule has 0 spiro atoms. The molecular weight excluding hydrogens is 124 g/mol. The number of hydrogen-bond acceptors (Lipinski definition) is 2. The lowest BCUT2D eigenvalue weighted by atomic mass is 10.2. The molecule has 44 valence electrons. The Morgan fingerprint density at radius 3 is 2.43 bits per heavy atom. The van der Waals surface area contributed by atoms with Gasteiger partial charge in [-0.15, -0.1) is 11.7 Å². The second-order valence-corrected chi connectivity index (χ2v) is 3.18. The minimum Gasteiger partial charge on any atom is -0.111 e. The highest BCUT2D eigenvalue weighted by Gasteiger charge is 1.93. The highest BCUT2D eigenvalue weighted by molar-refractivity contribution is 8.68. The van der Waals surface area contributed by atoms with Gasteiger partial charge in [0, 0.05) is 5.75 Å². The molecule has 0 heterocycles. The summed E-state index contributed by atoms with van der Waals surface area (Å²) in [7, 11) is 1.63. The summed E-state index contributed by atoms with van der Waals surface area (Å²) in [5.41, 5.74) is 0. The van der Waals surface area contributed by atoms with Gasteiger partial charge in [0.05, 0.1) is 0 Å². The Balaban J connectivity index is 2.83. The van der Waals surface area contributed by atoms with Crippen LogP contribution in [0.4, 0.5) is 0 Å². The second kappa shape index (κ2) is 4.85. The fourth-order valence-electron chi connectivity index (χ4n) is 0.245. The van der Waals surface area contributed by atoms with Crippen molar-refractivity contribution in [3.05, 3.63) is 0 Å². The van der Waals surface area contributed by atoms with E-state index in [1.54, 1.807) is 10.8 Å². The van der Waals surface area contributed by atoms with Crippen molar-refractivity contribution in [2.75, 3.05) is 5.75 Å². The van der Waals surface area contributed by atoms with E-state index in [4.69, 9.17) is 0 Å². The predicted molar refractivity (Wildman–Crippen MR) is 40.9 cm³/mol. The third-order valence-electron chi connectivity index (χ3n) is 1.06. The maximum atomic E-state index is 4.03. The Kier molecular flexibility index (Phi) is 5.33. The fraction of sp³-hybridized carbons (Fsp3) is 1.00. The van der Waals surface area contributed by atoms with Crippen LogP contribution in [0.3, 0.4) is 0 Å². The monoisotopic (exact) mass is 136 g/mol.